The molecule has 0 aromatic carbocycles. The molecule has 2 amide bonds. The van der Waals surface area contributed by atoms with Crippen LogP contribution >= 0.6 is 0 Å². The topological polar surface area (TPSA) is 66.1 Å². The van der Waals surface area contributed by atoms with Crippen molar-refractivity contribution in [2.45, 2.75) is 20.4 Å². The van der Waals surface area contributed by atoms with Crippen LogP contribution in [0.2, 0.25) is 0 Å². The molecule has 0 N–H and O–H groups in total. The van der Waals surface area contributed by atoms with Gasteiger partial charge in [0.05, 0.1) is 6.54 Å². The van der Waals surface area contributed by atoms with E-state index >= 15 is 0 Å². The van der Waals surface area contributed by atoms with Gasteiger partial charge in [0.1, 0.15) is 0 Å². The summed E-state index contributed by atoms with van der Waals surface area (Å²) in [5, 5.41) is 4.35. The normalized spacial score (nSPS) is 15.7. The zero-order chi connectivity index (χ0) is 17.8. The molecule has 3 heterocycles. The molecule has 25 heavy (non-hydrogen) atoms. The van der Waals surface area contributed by atoms with Crippen molar-refractivity contribution in [3.63, 3.8) is 0 Å². The van der Waals surface area contributed by atoms with Crippen molar-refractivity contribution in [1.82, 2.24) is 28.9 Å². The van der Waals surface area contributed by atoms with Gasteiger partial charge in [-0.05, 0) is 26.0 Å². The molecule has 0 saturated carbocycles. The minimum absolute atomic E-state index is 0.106. The predicted octanol–water partition coefficient (Wildman–Crippen LogP) is 0.575. The Morgan fingerprint density at radius 1 is 1.12 bits per heavy atom. The Bertz CT molecular complexity index is 771. The lowest BCUT2D eigenvalue weighted by atomic mass is 10.3. The van der Waals surface area contributed by atoms with Gasteiger partial charge in [-0.2, -0.15) is 0 Å². The van der Waals surface area contributed by atoms with E-state index in [1.165, 1.54) is 4.68 Å². The van der Waals surface area contributed by atoms with Crippen molar-refractivity contribution in [3.8, 4) is 0 Å². The van der Waals surface area contributed by atoms with E-state index in [0.29, 0.717) is 12.2 Å². The number of amides is 2. The number of piperazine rings is 1. The summed E-state index contributed by atoms with van der Waals surface area (Å²) in [5.74, 6) is 0. The van der Waals surface area contributed by atoms with Gasteiger partial charge in [0, 0.05) is 52.0 Å². The maximum atomic E-state index is 12.4. The monoisotopic (exact) mass is 346 g/mol. The van der Waals surface area contributed by atoms with E-state index in [1.807, 2.05) is 41.8 Å². The van der Waals surface area contributed by atoms with E-state index in [0.717, 1.165) is 45.8 Å². The van der Waals surface area contributed by atoms with Crippen molar-refractivity contribution in [2.75, 3.05) is 45.8 Å². The molecule has 0 unspecified atom stereocenters. The summed E-state index contributed by atoms with van der Waals surface area (Å²) in [6.07, 6.45) is 1.73. The van der Waals surface area contributed by atoms with Gasteiger partial charge in [0.2, 0.25) is 0 Å². The summed E-state index contributed by atoms with van der Waals surface area (Å²) in [7, 11) is 0. The number of aromatic nitrogens is 3. The van der Waals surface area contributed by atoms with Crippen LogP contribution in [0.4, 0.5) is 4.79 Å². The average Bonchev–Trinajstić information content (AvgIpc) is 2.97. The lowest BCUT2D eigenvalue weighted by molar-refractivity contribution is 0.113. The van der Waals surface area contributed by atoms with Gasteiger partial charge in [-0.15, -0.1) is 5.10 Å². The standard InChI is InChI=1S/C17H26N6O2/c1-3-20(4-2)16(24)21-12-9-19(10-13-21)11-14-23-17(25)22-8-6-5-7-15(22)18-23/h5-8H,3-4,9-14H2,1-2H3. The molecule has 2 aromatic rings. The third-order valence-electron chi connectivity index (χ3n) is 4.79. The van der Waals surface area contributed by atoms with Crippen LogP contribution < -0.4 is 5.69 Å². The van der Waals surface area contributed by atoms with Crippen molar-refractivity contribution >= 4 is 11.7 Å². The van der Waals surface area contributed by atoms with Crippen LogP contribution in [0.3, 0.4) is 0 Å². The van der Waals surface area contributed by atoms with E-state index in [1.54, 1.807) is 10.6 Å². The van der Waals surface area contributed by atoms with E-state index < -0.39 is 0 Å². The van der Waals surface area contributed by atoms with Gasteiger partial charge in [0.25, 0.3) is 0 Å². The Kier molecular flexibility index (Phi) is 5.37. The van der Waals surface area contributed by atoms with E-state index in [-0.39, 0.29) is 11.7 Å². The van der Waals surface area contributed by atoms with Crippen molar-refractivity contribution in [1.29, 1.82) is 0 Å². The molecule has 0 aliphatic carbocycles. The average molecular weight is 346 g/mol. The molecule has 0 radical (unpaired) electrons. The fourth-order valence-electron chi connectivity index (χ4n) is 3.21. The van der Waals surface area contributed by atoms with Crippen molar-refractivity contribution in [3.05, 3.63) is 34.9 Å². The van der Waals surface area contributed by atoms with E-state index in [4.69, 9.17) is 0 Å². The molecule has 0 bridgehead atoms. The van der Waals surface area contributed by atoms with Crippen molar-refractivity contribution in [2.24, 2.45) is 0 Å². The Hall–Kier alpha value is -2.35. The quantitative estimate of drug-likeness (QED) is 0.794. The van der Waals surface area contributed by atoms with Crippen LogP contribution in [0.25, 0.3) is 5.65 Å². The fourth-order valence-corrected chi connectivity index (χ4v) is 3.21. The molecule has 1 aliphatic heterocycles. The number of pyridine rings is 1. The second-order valence-corrected chi connectivity index (χ2v) is 6.22. The highest BCUT2D eigenvalue weighted by Gasteiger charge is 2.23. The molecule has 0 atom stereocenters. The highest BCUT2D eigenvalue weighted by Crippen LogP contribution is 2.06. The first-order valence-corrected chi connectivity index (χ1v) is 8.94. The SMILES string of the molecule is CCN(CC)C(=O)N1CCN(CCn2nc3ccccn3c2=O)CC1. The summed E-state index contributed by atoms with van der Waals surface area (Å²) in [6, 6.07) is 5.65. The second kappa shape index (κ2) is 7.69. The number of carbonyl (C=O) groups excluding carboxylic acids is 1. The number of hydrogen-bond acceptors (Lipinski definition) is 4. The number of carbonyl (C=O) groups is 1. The lowest BCUT2D eigenvalue weighted by Crippen LogP contribution is -2.53. The molecule has 0 spiro atoms. The van der Waals surface area contributed by atoms with E-state index in [2.05, 4.69) is 10.00 Å². The van der Waals surface area contributed by atoms with Crippen LogP contribution in [0, 0.1) is 0 Å². The highest BCUT2D eigenvalue weighted by atomic mass is 16.2. The van der Waals surface area contributed by atoms with Gasteiger partial charge in [0.15, 0.2) is 5.65 Å². The minimum atomic E-state index is -0.106. The first kappa shape index (κ1) is 17.5. The van der Waals surface area contributed by atoms with Gasteiger partial charge in [-0.25, -0.2) is 14.3 Å². The predicted molar refractivity (Wildman–Crippen MR) is 95.8 cm³/mol. The summed E-state index contributed by atoms with van der Waals surface area (Å²) in [5.41, 5.74) is 0.563. The molecule has 8 heteroatoms. The molecule has 3 rings (SSSR count). The molecular formula is C17H26N6O2. The zero-order valence-electron chi connectivity index (χ0n) is 15.0. The lowest BCUT2D eigenvalue weighted by Gasteiger charge is -2.37. The molecule has 1 fully saturated rings. The number of nitrogens with zero attached hydrogens (tertiary/aromatic N) is 6. The molecule has 1 saturated heterocycles. The number of rotatable bonds is 5. The summed E-state index contributed by atoms with van der Waals surface area (Å²) in [6.45, 7) is 9.93. The van der Waals surface area contributed by atoms with Crippen molar-refractivity contribution < 1.29 is 4.79 Å². The number of urea groups is 1. The Morgan fingerprint density at radius 3 is 2.48 bits per heavy atom. The summed E-state index contributed by atoms with van der Waals surface area (Å²) in [4.78, 5) is 30.7. The smallest absolute Gasteiger partial charge is 0.325 e. The Balaban J connectivity index is 1.53. The first-order valence-electron chi connectivity index (χ1n) is 8.94. The maximum Gasteiger partial charge on any atom is 0.350 e. The summed E-state index contributed by atoms with van der Waals surface area (Å²) >= 11 is 0. The molecular weight excluding hydrogens is 320 g/mol. The van der Waals surface area contributed by atoms with Gasteiger partial charge in [-0.3, -0.25) is 9.30 Å². The Morgan fingerprint density at radius 2 is 1.84 bits per heavy atom. The summed E-state index contributed by atoms with van der Waals surface area (Å²) < 4.78 is 3.07. The van der Waals surface area contributed by atoms with Crippen LogP contribution in [0.15, 0.2) is 29.2 Å². The highest BCUT2D eigenvalue weighted by molar-refractivity contribution is 5.74. The number of hydrogen-bond donors (Lipinski definition) is 0. The van der Waals surface area contributed by atoms with E-state index in [9.17, 15) is 9.59 Å². The second-order valence-electron chi connectivity index (χ2n) is 6.22. The fraction of sp³-hybridized carbons (Fsp3) is 0.588. The zero-order valence-corrected chi connectivity index (χ0v) is 15.0. The van der Waals surface area contributed by atoms with Crippen LogP contribution in [0.1, 0.15) is 13.8 Å². The largest absolute Gasteiger partial charge is 0.350 e. The van der Waals surface area contributed by atoms with Crippen LogP contribution in [-0.2, 0) is 6.54 Å². The molecule has 136 valence electrons. The molecule has 1 aliphatic rings. The van der Waals surface area contributed by atoms with Crippen LogP contribution in [0.5, 0.6) is 0 Å². The Labute approximate surface area is 147 Å². The van der Waals surface area contributed by atoms with Gasteiger partial charge in [-0.1, -0.05) is 6.07 Å². The first-order chi connectivity index (χ1) is 12.1. The van der Waals surface area contributed by atoms with Gasteiger partial charge < -0.3 is 9.80 Å². The van der Waals surface area contributed by atoms with Crippen LogP contribution in [-0.4, -0.2) is 80.7 Å². The third kappa shape index (κ3) is 3.68. The molecule has 2 aromatic heterocycles. The maximum absolute atomic E-state index is 12.4. The third-order valence-corrected chi connectivity index (χ3v) is 4.79. The molecule has 8 nitrogen and oxygen atoms in total. The van der Waals surface area contributed by atoms with Gasteiger partial charge >= 0.3 is 11.7 Å². The minimum Gasteiger partial charge on any atom is -0.325 e. The number of fused-ring (bicyclic) bond motifs is 1.